The van der Waals surface area contributed by atoms with E-state index in [4.69, 9.17) is 9.84 Å². The van der Waals surface area contributed by atoms with E-state index in [2.05, 4.69) is 4.98 Å². The lowest BCUT2D eigenvalue weighted by atomic mass is 9.76. The lowest BCUT2D eigenvalue weighted by molar-refractivity contribution is -0.151. The van der Waals surface area contributed by atoms with Gasteiger partial charge in [0.1, 0.15) is 5.41 Å². The molecule has 1 aromatic heterocycles. The van der Waals surface area contributed by atoms with Gasteiger partial charge in [-0.1, -0.05) is 19.8 Å². The Morgan fingerprint density at radius 2 is 2.15 bits per heavy atom. The summed E-state index contributed by atoms with van der Waals surface area (Å²) in [5.41, 5.74) is 1.37. The molecule has 0 bridgehead atoms. The summed E-state index contributed by atoms with van der Waals surface area (Å²) in [5.74, 6) is -1.27. The zero-order valence-electron chi connectivity index (χ0n) is 11.9. The molecule has 1 unspecified atom stereocenters. The standard InChI is InChI=1S/C14H21NO4S/c1-3-5-7-14(8-6-12(16)17,13(18)19-4-2)11-9-20-10-15-11/h9-10H,3-8H2,1-2H3,(H,16,17). The third-order valence-corrected chi connectivity index (χ3v) is 3.90. The normalized spacial score (nSPS) is 13.7. The molecule has 0 amide bonds. The van der Waals surface area contributed by atoms with Crippen LogP contribution in [0.5, 0.6) is 0 Å². The molecule has 0 saturated carbocycles. The van der Waals surface area contributed by atoms with Gasteiger partial charge in [-0.3, -0.25) is 9.59 Å². The van der Waals surface area contributed by atoms with E-state index in [1.807, 2.05) is 12.3 Å². The first-order valence-corrected chi connectivity index (χ1v) is 7.78. The van der Waals surface area contributed by atoms with E-state index in [1.165, 1.54) is 11.3 Å². The molecule has 1 heterocycles. The highest BCUT2D eigenvalue weighted by molar-refractivity contribution is 7.07. The van der Waals surface area contributed by atoms with E-state index >= 15 is 0 Å². The van der Waals surface area contributed by atoms with Crippen LogP contribution in [0.1, 0.15) is 51.6 Å². The van der Waals surface area contributed by atoms with Crippen molar-refractivity contribution in [2.24, 2.45) is 0 Å². The van der Waals surface area contributed by atoms with Crippen LogP contribution in [0.3, 0.4) is 0 Å². The van der Waals surface area contributed by atoms with Gasteiger partial charge in [-0.2, -0.15) is 0 Å². The van der Waals surface area contributed by atoms with Gasteiger partial charge in [0.15, 0.2) is 0 Å². The SMILES string of the molecule is CCCCC(CCC(=O)O)(C(=O)OCC)c1cscn1. The van der Waals surface area contributed by atoms with Crippen molar-refractivity contribution in [2.75, 3.05) is 6.61 Å². The third kappa shape index (κ3) is 4.03. The smallest absolute Gasteiger partial charge is 0.318 e. The molecule has 0 spiro atoms. The highest BCUT2D eigenvalue weighted by Gasteiger charge is 2.42. The number of carboxylic acid groups (broad SMARTS) is 1. The summed E-state index contributed by atoms with van der Waals surface area (Å²) in [5, 5.41) is 10.8. The second kappa shape index (κ2) is 7.99. The number of esters is 1. The molecule has 1 atom stereocenters. The summed E-state index contributed by atoms with van der Waals surface area (Å²) >= 11 is 1.40. The van der Waals surface area contributed by atoms with Gasteiger partial charge in [0.05, 0.1) is 17.8 Å². The van der Waals surface area contributed by atoms with Crippen molar-refractivity contribution >= 4 is 23.3 Å². The summed E-state index contributed by atoms with van der Waals surface area (Å²) < 4.78 is 5.19. The van der Waals surface area contributed by atoms with Crippen molar-refractivity contribution < 1.29 is 19.4 Å². The number of nitrogens with zero attached hydrogens (tertiary/aromatic N) is 1. The van der Waals surface area contributed by atoms with Gasteiger partial charge in [-0.25, -0.2) is 4.98 Å². The van der Waals surface area contributed by atoms with Crippen LogP contribution in [-0.2, 0) is 19.7 Å². The predicted molar refractivity (Wildman–Crippen MR) is 76.8 cm³/mol. The Labute approximate surface area is 123 Å². The van der Waals surface area contributed by atoms with Crippen molar-refractivity contribution in [3.05, 3.63) is 16.6 Å². The molecule has 0 aliphatic carbocycles. The van der Waals surface area contributed by atoms with E-state index in [0.717, 1.165) is 12.8 Å². The van der Waals surface area contributed by atoms with E-state index < -0.39 is 11.4 Å². The molecule has 0 saturated heterocycles. The first kappa shape index (κ1) is 16.6. The Balaban J connectivity index is 3.09. The average Bonchev–Trinajstić information content (AvgIpc) is 2.94. The molecule has 0 aromatic carbocycles. The fourth-order valence-electron chi connectivity index (χ4n) is 2.21. The number of thiazole rings is 1. The number of rotatable bonds is 9. The molecule has 1 aromatic rings. The van der Waals surface area contributed by atoms with E-state index in [1.54, 1.807) is 12.4 Å². The third-order valence-electron chi connectivity index (χ3n) is 3.31. The Kier molecular flexibility index (Phi) is 6.64. The van der Waals surface area contributed by atoms with Gasteiger partial charge < -0.3 is 9.84 Å². The first-order chi connectivity index (χ1) is 9.56. The number of carbonyl (C=O) groups excluding carboxylic acids is 1. The minimum atomic E-state index is -0.926. The number of hydrogen-bond donors (Lipinski definition) is 1. The van der Waals surface area contributed by atoms with Gasteiger partial charge in [0.25, 0.3) is 0 Å². The monoisotopic (exact) mass is 299 g/mol. The molecule has 20 heavy (non-hydrogen) atoms. The molecule has 0 aliphatic heterocycles. The van der Waals surface area contributed by atoms with Gasteiger partial charge in [0, 0.05) is 11.8 Å². The van der Waals surface area contributed by atoms with E-state index in [9.17, 15) is 9.59 Å². The zero-order valence-corrected chi connectivity index (χ0v) is 12.7. The minimum absolute atomic E-state index is 0.0694. The average molecular weight is 299 g/mol. The van der Waals surface area contributed by atoms with E-state index in [-0.39, 0.29) is 25.4 Å². The second-order valence-electron chi connectivity index (χ2n) is 4.67. The van der Waals surface area contributed by atoms with Crippen LogP contribution in [0.4, 0.5) is 0 Å². The van der Waals surface area contributed by atoms with Crippen molar-refractivity contribution in [1.82, 2.24) is 4.98 Å². The molecule has 5 nitrogen and oxygen atoms in total. The topological polar surface area (TPSA) is 76.5 Å². The Bertz CT molecular complexity index is 432. The maximum Gasteiger partial charge on any atom is 0.318 e. The largest absolute Gasteiger partial charge is 0.481 e. The predicted octanol–water partition coefficient (Wildman–Crippen LogP) is 3.00. The van der Waals surface area contributed by atoms with Crippen LogP contribution in [-0.4, -0.2) is 28.6 Å². The first-order valence-electron chi connectivity index (χ1n) is 6.84. The maximum atomic E-state index is 12.4. The minimum Gasteiger partial charge on any atom is -0.481 e. The zero-order chi connectivity index (χ0) is 15.0. The van der Waals surface area contributed by atoms with Crippen molar-refractivity contribution in [2.45, 2.75) is 51.4 Å². The summed E-state index contributed by atoms with van der Waals surface area (Å²) in [6.07, 6.45) is 2.48. The molecule has 0 fully saturated rings. The van der Waals surface area contributed by atoms with Crippen molar-refractivity contribution in [1.29, 1.82) is 0 Å². The molecule has 1 rings (SSSR count). The van der Waals surface area contributed by atoms with Crippen molar-refractivity contribution in [3.8, 4) is 0 Å². The number of ether oxygens (including phenoxy) is 1. The van der Waals surface area contributed by atoms with Crippen LogP contribution in [0.25, 0.3) is 0 Å². The quantitative estimate of drug-likeness (QED) is 0.709. The highest BCUT2D eigenvalue weighted by atomic mass is 32.1. The van der Waals surface area contributed by atoms with Crippen LogP contribution in [0, 0.1) is 0 Å². The number of hydrogen-bond acceptors (Lipinski definition) is 5. The fraction of sp³-hybridized carbons (Fsp3) is 0.643. The molecular formula is C14H21NO4S. The summed E-state index contributed by atoms with van der Waals surface area (Å²) in [7, 11) is 0. The molecule has 0 radical (unpaired) electrons. The van der Waals surface area contributed by atoms with Gasteiger partial charge in [-0.05, 0) is 19.8 Å². The summed E-state index contributed by atoms with van der Waals surface area (Å²) in [6.45, 7) is 4.07. The van der Waals surface area contributed by atoms with Crippen LogP contribution < -0.4 is 0 Å². The second-order valence-corrected chi connectivity index (χ2v) is 5.39. The fourth-order valence-corrected chi connectivity index (χ4v) is 2.86. The summed E-state index contributed by atoms with van der Waals surface area (Å²) in [6, 6.07) is 0. The lowest BCUT2D eigenvalue weighted by Gasteiger charge is -2.29. The Morgan fingerprint density at radius 3 is 2.65 bits per heavy atom. The molecule has 1 N–H and O–H groups in total. The lowest BCUT2D eigenvalue weighted by Crippen LogP contribution is -2.38. The molecular weight excluding hydrogens is 278 g/mol. The van der Waals surface area contributed by atoms with E-state index in [0.29, 0.717) is 12.1 Å². The van der Waals surface area contributed by atoms with Crippen LogP contribution in [0.2, 0.25) is 0 Å². The molecule has 6 heteroatoms. The Hall–Kier alpha value is -1.43. The Morgan fingerprint density at radius 1 is 1.40 bits per heavy atom. The molecule has 112 valence electrons. The summed E-state index contributed by atoms with van der Waals surface area (Å²) in [4.78, 5) is 27.6. The highest BCUT2D eigenvalue weighted by Crippen LogP contribution is 2.36. The number of aromatic nitrogens is 1. The van der Waals surface area contributed by atoms with Crippen molar-refractivity contribution in [3.63, 3.8) is 0 Å². The van der Waals surface area contributed by atoms with Crippen LogP contribution >= 0.6 is 11.3 Å². The number of carbonyl (C=O) groups is 2. The maximum absolute atomic E-state index is 12.4. The van der Waals surface area contributed by atoms with Crippen LogP contribution in [0.15, 0.2) is 10.9 Å². The molecule has 0 aliphatic rings. The van der Waals surface area contributed by atoms with Gasteiger partial charge in [0.2, 0.25) is 0 Å². The number of carboxylic acids is 1. The van der Waals surface area contributed by atoms with Gasteiger partial charge in [-0.15, -0.1) is 11.3 Å². The van der Waals surface area contributed by atoms with Gasteiger partial charge >= 0.3 is 11.9 Å². The number of aliphatic carboxylic acids is 1. The number of unbranched alkanes of at least 4 members (excludes halogenated alkanes) is 1.